The number of hydrogen-bond acceptors (Lipinski definition) is 3. The minimum Gasteiger partial charge on any atom is -0.494 e. The summed E-state index contributed by atoms with van der Waals surface area (Å²) in [5.74, 6) is 0.159. The van der Waals surface area contributed by atoms with Crippen LogP contribution in [0.15, 0.2) is 18.2 Å². The second-order valence-electron chi connectivity index (χ2n) is 5.52. The van der Waals surface area contributed by atoms with E-state index in [1.807, 2.05) is 13.0 Å². The number of aliphatic carboxylic acids is 1. The SMILES string of the molecule is CCN(CCCOc1ccc(C)c(C)c1)C(C)CC(=O)O. The summed E-state index contributed by atoms with van der Waals surface area (Å²) in [6.07, 6.45) is 1.08. The van der Waals surface area contributed by atoms with Gasteiger partial charge in [0.1, 0.15) is 5.75 Å². The first-order chi connectivity index (χ1) is 9.93. The van der Waals surface area contributed by atoms with Crippen LogP contribution in [0.1, 0.15) is 37.8 Å². The van der Waals surface area contributed by atoms with E-state index in [1.165, 1.54) is 11.1 Å². The lowest BCUT2D eigenvalue weighted by molar-refractivity contribution is -0.138. The van der Waals surface area contributed by atoms with Crippen LogP contribution in [-0.2, 0) is 4.79 Å². The third-order valence-corrected chi connectivity index (χ3v) is 3.84. The number of nitrogens with zero attached hydrogens (tertiary/aromatic N) is 1. The maximum atomic E-state index is 10.8. The number of carbonyl (C=O) groups is 1. The first kappa shape index (κ1) is 17.5. The molecule has 0 aliphatic heterocycles. The van der Waals surface area contributed by atoms with Crippen LogP contribution >= 0.6 is 0 Å². The number of benzene rings is 1. The molecule has 0 spiro atoms. The summed E-state index contributed by atoms with van der Waals surface area (Å²) in [4.78, 5) is 12.9. The van der Waals surface area contributed by atoms with Crippen molar-refractivity contribution in [2.75, 3.05) is 19.7 Å². The summed E-state index contributed by atoms with van der Waals surface area (Å²) < 4.78 is 5.75. The lowest BCUT2D eigenvalue weighted by Crippen LogP contribution is -2.35. The smallest absolute Gasteiger partial charge is 0.304 e. The predicted octanol–water partition coefficient (Wildman–Crippen LogP) is 3.26. The summed E-state index contributed by atoms with van der Waals surface area (Å²) in [5, 5.41) is 8.85. The van der Waals surface area contributed by atoms with Crippen LogP contribution in [0, 0.1) is 13.8 Å². The molecule has 0 aliphatic carbocycles. The van der Waals surface area contributed by atoms with Gasteiger partial charge in [-0.05, 0) is 57.0 Å². The molecule has 0 fully saturated rings. The summed E-state index contributed by atoms with van der Waals surface area (Å²) in [6.45, 7) is 10.5. The monoisotopic (exact) mass is 293 g/mol. The number of ether oxygens (including phenoxy) is 1. The average molecular weight is 293 g/mol. The third kappa shape index (κ3) is 6.17. The fourth-order valence-electron chi connectivity index (χ4n) is 2.33. The Balaban J connectivity index is 2.34. The second kappa shape index (κ2) is 8.67. The van der Waals surface area contributed by atoms with Gasteiger partial charge in [0.15, 0.2) is 0 Å². The molecule has 21 heavy (non-hydrogen) atoms. The maximum Gasteiger partial charge on any atom is 0.304 e. The van der Waals surface area contributed by atoms with E-state index in [-0.39, 0.29) is 12.5 Å². The van der Waals surface area contributed by atoms with Gasteiger partial charge in [-0.1, -0.05) is 13.0 Å². The standard InChI is InChI=1S/C17H27NO3/c1-5-18(15(4)12-17(19)20)9-6-10-21-16-8-7-13(2)14(3)11-16/h7-8,11,15H,5-6,9-10,12H2,1-4H3,(H,19,20). The van der Waals surface area contributed by atoms with Gasteiger partial charge in [0.25, 0.3) is 0 Å². The highest BCUT2D eigenvalue weighted by atomic mass is 16.5. The predicted molar refractivity (Wildman–Crippen MR) is 85.0 cm³/mol. The molecule has 1 atom stereocenters. The van der Waals surface area contributed by atoms with Crippen LogP contribution in [0.5, 0.6) is 5.75 Å². The molecule has 0 amide bonds. The summed E-state index contributed by atoms with van der Waals surface area (Å²) in [5.41, 5.74) is 2.50. The van der Waals surface area contributed by atoms with Crippen molar-refractivity contribution in [1.29, 1.82) is 0 Å². The van der Waals surface area contributed by atoms with Gasteiger partial charge in [0.2, 0.25) is 0 Å². The van der Waals surface area contributed by atoms with Crippen LogP contribution in [0.25, 0.3) is 0 Å². The molecule has 0 saturated heterocycles. The van der Waals surface area contributed by atoms with Gasteiger partial charge in [-0.15, -0.1) is 0 Å². The Kier molecular flexibility index (Phi) is 7.23. The van der Waals surface area contributed by atoms with Crippen molar-refractivity contribution in [3.05, 3.63) is 29.3 Å². The summed E-state index contributed by atoms with van der Waals surface area (Å²) in [7, 11) is 0. The number of carboxylic acid groups (broad SMARTS) is 1. The lowest BCUT2D eigenvalue weighted by Gasteiger charge is -2.26. The summed E-state index contributed by atoms with van der Waals surface area (Å²) >= 11 is 0. The van der Waals surface area contributed by atoms with Crippen LogP contribution < -0.4 is 4.74 Å². The Morgan fingerprint density at radius 3 is 2.62 bits per heavy atom. The maximum absolute atomic E-state index is 10.8. The molecular weight excluding hydrogens is 266 g/mol. The number of rotatable bonds is 9. The zero-order valence-electron chi connectivity index (χ0n) is 13.6. The van der Waals surface area contributed by atoms with Crippen molar-refractivity contribution in [3.63, 3.8) is 0 Å². The van der Waals surface area contributed by atoms with Crippen LogP contribution in [0.4, 0.5) is 0 Å². The molecule has 0 heterocycles. The van der Waals surface area contributed by atoms with Gasteiger partial charge < -0.3 is 14.7 Å². The van der Waals surface area contributed by atoms with E-state index in [2.05, 4.69) is 37.8 Å². The normalized spacial score (nSPS) is 12.4. The van der Waals surface area contributed by atoms with E-state index in [0.29, 0.717) is 6.61 Å². The van der Waals surface area contributed by atoms with E-state index < -0.39 is 5.97 Å². The van der Waals surface area contributed by atoms with Crippen molar-refractivity contribution in [2.45, 2.75) is 46.6 Å². The minimum atomic E-state index is -0.743. The van der Waals surface area contributed by atoms with E-state index in [1.54, 1.807) is 0 Å². The molecule has 1 aromatic rings. The topological polar surface area (TPSA) is 49.8 Å². The van der Waals surface area contributed by atoms with Crippen molar-refractivity contribution in [3.8, 4) is 5.75 Å². The third-order valence-electron chi connectivity index (χ3n) is 3.84. The molecular formula is C17H27NO3. The Labute approximate surface area is 127 Å². The quantitative estimate of drug-likeness (QED) is 0.710. The van der Waals surface area contributed by atoms with Gasteiger partial charge in [-0.3, -0.25) is 4.79 Å². The molecule has 1 aromatic carbocycles. The lowest BCUT2D eigenvalue weighted by atomic mass is 10.1. The Morgan fingerprint density at radius 1 is 1.33 bits per heavy atom. The molecule has 0 aromatic heterocycles. The Morgan fingerprint density at radius 2 is 2.05 bits per heavy atom. The molecule has 0 radical (unpaired) electrons. The van der Waals surface area contributed by atoms with Crippen molar-refractivity contribution < 1.29 is 14.6 Å². The second-order valence-corrected chi connectivity index (χ2v) is 5.52. The van der Waals surface area contributed by atoms with Gasteiger partial charge in [-0.25, -0.2) is 0 Å². The molecule has 0 saturated carbocycles. The zero-order chi connectivity index (χ0) is 15.8. The van der Waals surface area contributed by atoms with Crippen LogP contribution in [0.3, 0.4) is 0 Å². The molecule has 1 rings (SSSR count). The van der Waals surface area contributed by atoms with Gasteiger partial charge in [0, 0.05) is 12.6 Å². The average Bonchev–Trinajstić information content (AvgIpc) is 2.41. The van der Waals surface area contributed by atoms with Crippen molar-refractivity contribution >= 4 is 5.97 Å². The number of carboxylic acids is 1. The molecule has 4 heteroatoms. The van der Waals surface area contributed by atoms with Crippen LogP contribution in [-0.4, -0.2) is 41.7 Å². The van der Waals surface area contributed by atoms with E-state index in [9.17, 15) is 4.79 Å². The van der Waals surface area contributed by atoms with E-state index >= 15 is 0 Å². The largest absolute Gasteiger partial charge is 0.494 e. The molecule has 0 bridgehead atoms. The fourth-order valence-corrected chi connectivity index (χ4v) is 2.33. The zero-order valence-corrected chi connectivity index (χ0v) is 13.6. The number of hydrogen-bond donors (Lipinski definition) is 1. The molecule has 1 N–H and O–H groups in total. The highest BCUT2D eigenvalue weighted by molar-refractivity contribution is 5.67. The van der Waals surface area contributed by atoms with E-state index in [4.69, 9.17) is 9.84 Å². The Hall–Kier alpha value is -1.55. The molecule has 0 aliphatic rings. The highest BCUT2D eigenvalue weighted by Crippen LogP contribution is 2.16. The van der Waals surface area contributed by atoms with Gasteiger partial charge in [0.05, 0.1) is 13.0 Å². The van der Waals surface area contributed by atoms with E-state index in [0.717, 1.165) is 25.3 Å². The molecule has 4 nitrogen and oxygen atoms in total. The fraction of sp³-hybridized carbons (Fsp3) is 0.588. The van der Waals surface area contributed by atoms with Gasteiger partial charge in [-0.2, -0.15) is 0 Å². The minimum absolute atomic E-state index is 0.0640. The van der Waals surface area contributed by atoms with Crippen molar-refractivity contribution in [1.82, 2.24) is 4.90 Å². The number of aryl methyl sites for hydroxylation is 2. The van der Waals surface area contributed by atoms with Gasteiger partial charge >= 0.3 is 5.97 Å². The Bertz CT molecular complexity index is 459. The van der Waals surface area contributed by atoms with Crippen molar-refractivity contribution in [2.24, 2.45) is 0 Å². The summed E-state index contributed by atoms with van der Waals surface area (Å²) in [6, 6.07) is 6.18. The molecule has 118 valence electrons. The molecule has 1 unspecified atom stereocenters. The highest BCUT2D eigenvalue weighted by Gasteiger charge is 2.14. The first-order valence-corrected chi connectivity index (χ1v) is 7.60. The van der Waals surface area contributed by atoms with Crippen LogP contribution in [0.2, 0.25) is 0 Å². The first-order valence-electron chi connectivity index (χ1n) is 7.60.